The summed E-state index contributed by atoms with van der Waals surface area (Å²) in [5.41, 5.74) is 0.539. The maximum Gasteiger partial charge on any atom is 0.244 e. The van der Waals surface area contributed by atoms with E-state index in [2.05, 4.69) is 25.1 Å². The van der Waals surface area contributed by atoms with Crippen molar-refractivity contribution in [1.82, 2.24) is 29.4 Å². The minimum atomic E-state index is -3.54. The molecule has 0 saturated carbocycles. The van der Waals surface area contributed by atoms with Gasteiger partial charge in [-0.05, 0) is 30.9 Å². The smallest absolute Gasteiger partial charge is 0.244 e. The average molecular weight is 386 g/mol. The zero-order chi connectivity index (χ0) is 18.7. The highest BCUT2D eigenvalue weighted by atomic mass is 32.2. The van der Waals surface area contributed by atoms with Crippen LogP contribution in [0.15, 0.2) is 52.5 Å². The molecule has 10 heteroatoms. The molecule has 3 aromatic rings. The van der Waals surface area contributed by atoms with E-state index in [0.29, 0.717) is 36.9 Å². The number of aromatic nitrogens is 5. The Morgan fingerprint density at radius 1 is 1.19 bits per heavy atom. The molecule has 9 nitrogen and oxygen atoms in total. The zero-order valence-electron chi connectivity index (χ0n) is 14.5. The molecule has 4 rings (SSSR count). The number of hydrogen-bond donors (Lipinski definition) is 0. The molecule has 1 aliphatic rings. The lowest BCUT2D eigenvalue weighted by atomic mass is 9.96. The van der Waals surface area contributed by atoms with Gasteiger partial charge < -0.3 is 4.52 Å². The number of nitrogens with zero attached hydrogens (tertiary/aromatic N) is 6. The molecule has 1 atom stereocenters. The van der Waals surface area contributed by atoms with E-state index >= 15 is 0 Å². The average Bonchev–Trinajstić information content (AvgIpc) is 3.18. The predicted octanol–water partition coefficient (Wildman–Crippen LogP) is 1.56. The minimum absolute atomic E-state index is 0.111. The van der Waals surface area contributed by atoms with E-state index in [4.69, 9.17) is 4.52 Å². The molecule has 0 bridgehead atoms. The molecule has 1 aliphatic heterocycles. The fourth-order valence-electron chi connectivity index (χ4n) is 3.16. The van der Waals surface area contributed by atoms with Crippen molar-refractivity contribution in [3.63, 3.8) is 0 Å². The third-order valence-electron chi connectivity index (χ3n) is 4.48. The van der Waals surface area contributed by atoms with Gasteiger partial charge in [-0.3, -0.25) is 9.97 Å². The second-order valence-corrected chi connectivity index (χ2v) is 8.30. The molecule has 1 saturated heterocycles. The van der Waals surface area contributed by atoms with Crippen LogP contribution in [0.3, 0.4) is 0 Å². The first kappa shape index (κ1) is 17.7. The maximum absolute atomic E-state index is 12.8. The van der Waals surface area contributed by atoms with Gasteiger partial charge in [0, 0.05) is 44.3 Å². The first-order chi connectivity index (χ1) is 13.1. The van der Waals surface area contributed by atoms with Crippen LogP contribution in [-0.4, -0.2) is 50.9 Å². The molecule has 1 fully saturated rings. The molecule has 4 heterocycles. The van der Waals surface area contributed by atoms with Gasteiger partial charge in [-0.1, -0.05) is 5.16 Å². The lowest BCUT2D eigenvalue weighted by Gasteiger charge is -2.31. The standard InChI is InChI=1S/C17H18N6O3S/c24-27(25,14-4-1-5-18-10-14)23-8-2-3-13(12-23)9-16-21-17(22-26-16)15-11-19-6-7-20-15/h1,4-7,10-11,13H,2-3,8-9,12H2/t13-/m1/s1. The van der Waals surface area contributed by atoms with E-state index in [0.717, 1.165) is 12.8 Å². The highest BCUT2D eigenvalue weighted by molar-refractivity contribution is 7.89. The number of rotatable bonds is 5. The van der Waals surface area contributed by atoms with Gasteiger partial charge >= 0.3 is 0 Å². The van der Waals surface area contributed by atoms with Crippen molar-refractivity contribution in [1.29, 1.82) is 0 Å². The lowest BCUT2D eigenvalue weighted by Crippen LogP contribution is -2.40. The van der Waals surface area contributed by atoms with Crippen LogP contribution in [0, 0.1) is 5.92 Å². The first-order valence-corrected chi connectivity index (χ1v) is 10.1. The van der Waals surface area contributed by atoms with Crippen molar-refractivity contribution >= 4 is 10.0 Å². The third kappa shape index (κ3) is 3.86. The summed E-state index contributed by atoms with van der Waals surface area (Å²) in [7, 11) is -3.54. The van der Waals surface area contributed by atoms with Gasteiger partial charge in [0.1, 0.15) is 10.6 Å². The van der Waals surface area contributed by atoms with Gasteiger partial charge in [0.05, 0.1) is 6.20 Å². The Labute approximate surface area is 156 Å². The Hall–Kier alpha value is -2.72. The minimum Gasteiger partial charge on any atom is -0.339 e. The van der Waals surface area contributed by atoms with Crippen molar-refractivity contribution < 1.29 is 12.9 Å². The molecule has 0 aliphatic carbocycles. The normalized spacial score (nSPS) is 18.4. The van der Waals surface area contributed by atoms with Crippen LogP contribution in [0.25, 0.3) is 11.5 Å². The van der Waals surface area contributed by atoms with Gasteiger partial charge in [0.2, 0.25) is 21.7 Å². The Morgan fingerprint density at radius 3 is 2.85 bits per heavy atom. The van der Waals surface area contributed by atoms with Crippen LogP contribution in [0.4, 0.5) is 0 Å². The highest BCUT2D eigenvalue weighted by Crippen LogP contribution is 2.25. The second-order valence-electron chi connectivity index (χ2n) is 6.37. The second kappa shape index (κ2) is 7.49. The SMILES string of the molecule is O=S(=O)(c1cccnc1)N1CCC[C@H](Cc2nc(-c3cnccn3)no2)C1. The van der Waals surface area contributed by atoms with Crippen molar-refractivity contribution in [3.8, 4) is 11.5 Å². The number of sulfonamides is 1. The van der Waals surface area contributed by atoms with Gasteiger partial charge in [0.15, 0.2) is 0 Å². The molecular weight excluding hydrogens is 368 g/mol. The largest absolute Gasteiger partial charge is 0.339 e. The van der Waals surface area contributed by atoms with Crippen LogP contribution in [0.2, 0.25) is 0 Å². The summed E-state index contributed by atoms with van der Waals surface area (Å²) >= 11 is 0. The molecular formula is C17H18N6O3S. The maximum atomic E-state index is 12.8. The Balaban J connectivity index is 1.46. The summed E-state index contributed by atoms with van der Waals surface area (Å²) in [6, 6.07) is 3.19. The quantitative estimate of drug-likeness (QED) is 0.649. The first-order valence-electron chi connectivity index (χ1n) is 8.62. The topological polar surface area (TPSA) is 115 Å². The molecule has 0 radical (unpaired) electrons. The summed E-state index contributed by atoms with van der Waals surface area (Å²) < 4.78 is 32.4. The predicted molar refractivity (Wildman–Crippen MR) is 94.7 cm³/mol. The molecule has 0 spiro atoms. The van der Waals surface area contributed by atoms with Crippen LogP contribution < -0.4 is 0 Å². The molecule has 3 aromatic heterocycles. The van der Waals surface area contributed by atoms with Crippen molar-refractivity contribution in [2.45, 2.75) is 24.2 Å². The fraction of sp³-hybridized carbons (Fsp3) is 0.353. The van der Waals surface area contributed by atoms with Crippen LogP contribution in [-0.2, 0) is 16.4 Å². The summed E-state index contributed by atoms with van der Waals surface area (Å²) in [6.45, 7) is 0.919. The molecule has 0 amide bonds. The molecule has 140 valence electrons. The van der Waals surface area contributed by atoms with Gasteiger partial charge in [-0.25, -0.2) is 13.4 Å². The summed E-state index contributed by atoms with van der Waals surface area (Å²) in [4.78, 5) is 16.6. The van der Waals surface area contributed by atoms with Crippen LogP contribution in [0.5, 0.6) is 0 Å². The summed E-state index contributed by atoms with van der Waals surface area (Å²) in [5.74, 6) is 0.968. The zero-order valence-corrected chi connectivity index (χ0v) is 15.3. The van der Waals surface area contributed by atoms with Crippen molar-refractivity contribution in [2.75, 3.05) is 13.1 Å². The summed E-state index contributed by atoms with van der Waals surface area (Å²) in [6.07, 6.45) is 9.85. The van der Waals surface area contributed by atoms with Gasteiger partial charge in [0.25, 0.3) is 0 Å². The Bertz CT molecular complexity index is 994. The van der Waals surface area contributed by atoms with Crippen molar-refractivity contribution in [2.24, 2.45) is 5.92 Å². The van der Waals surface area contributed by atoms with E-state index in [-0.39, 0.29) is 10.8 Å². The van der Waals surface area contributed by atoms with Crippen LogP contribution in [0.1, 0.15) is 18.7 Å². The Morgan fingerprint density at radius 2 is 2.07 bits per heavy atom. The van der Waals surface area contributed by atoms with E-state index < -0.39 is 10.0 Å². The van der Waals surface area contributed by atoms with Gasteiger partial charge in [-0.15, -0.1) is 0 Å². The highest BCUT2D eigenvalue weighted by Gasteiger charge is 2.31. The van der Waals surface area contributed by atoms with Crippen molar-refractivity contribution in [3.05, 3.63) is 49.0 Å². The number of pyridine rings is 1. The molecule has 0 aromatic carbocycles. The van der Waals surface area contributed by atoms with E-state index in [1.54, 1.807) is 36.9 Å². The summed E-state index contributed by atoms with van der Waals surface area (Å²) in [5, 5.41) is 3.94. The van der Waals surface area contributed by atoms with E-state index in [9.17, 15) is 8.42 Å². The molecule has 0 N–H and O–H groups in total. The van der Waals surface area contributed by atoms with Gasteiger partial charge in [-0.2, -0.15) is 9.29 Å². The number of hydrogen-bond acceptors (Lipinski definition) is 8. The monoisotopic (exact) mass is 386 g/mol. The molecule has 0 unspecified atom stereocenters. The van der Waals surface area contributed by atoms with Crippen LogP contribution >= 0.6 is 0 Å². The molecule has 27 heavy (non-hydrogen) atoms. The van der Waals surface area contributed by atoms with E-state index in [1.807, 2.05) is 0 Å². The van der Waals surface area contributed by atoms with E-state index in [1.165, 1.54) is 10.5 Å². The third-order valence-corrected chi connectivity index (χ3v) is 6.33. The lowest BCUT2D eigenvalue weighted by molar-refractivity contribution is 0.247. The number of piperidine rings is 1. The fourth-order valence-corrected chi connectivity index (χ4v) is 4.68. The Kier molecular flexibility index (Phi) is 4.90.